The molecule has 0 atom stereocenters. The van der Waals surface area contributed by atoms with Gasteiger partial charge in [-0.2, -0.15) is 0 Å². The van der Waals surface area contributed by atoms with Gasteiger partial charge in [-0.15, -0.1) is 0 Å². The quantitative estimate of drug-likeness (QED) is 0.139. The van der Waals surface area contributed by atoms with Gasteiger partial charge in [0.2, 0.25) is 0 Å². The van der Waals surface area contributed by atoms with Crippen molar-refractivity contribution in [3.8, 4) is 5.69 Å². The summed E-state index contributed by atoms with van der Waals surface area (Å²) >= 11 is 0. The van der Waals surface area contributed by atoms with E-state index < -0.39 is 0 Å². The lowest BCUT2D eigenvalue weighted by molar-refractivity contribution is 1.17. The molecule has 276 valence electrons. The minimum Gasteiger partial charge on any atom is -0.311 e. The second-order valence-corrected chi connectivity index (χ2v) is 14.3. The van der Waals surface area contributed by atoms with E-state index in [0.29, 0.717) is 0 Å². The first-order valence-electron chi connectivity index (χ1n) is 19.7. The molecule has 1 heterocycles. The van der Waals surface area contributed by atoms with E-state index in [0.717, 1.165) is 56.9 Å². The molecule has 9 aromatic carbocycles. The molecule has 0 fully saturated rings. The molecule has 10 rings (SSSR count). The second-order valence-electron chi connectivity index (χ2n) is 14.3. The number of rotatable bonds is 10. The molecule has 0 aliphatic rings. The highest BCUT2D eigenvalue weighted by Crippen LogP contribution is 2.42. The summed E-state index contributed by atoms with van der Waals surface area (Å²) in [4.78, 5) is 6.96. The normalized spacial score (nSPS) is 11.1. The molecule has 4 nitrogen and oxygen atoms in total. The van der Waals surface area contributed by atoms with Crippen molar-refractivity contribution in [2.24, 2.45) is 0 Å². The maximum Gasteiger partial charge on any atom is 0.0541 e. The molecule has 10 aromatic rings. The molecule has 0 N–H and O–H groups in total. The fraction of sp³-hybridized carbons (Fsp3) is 0. The Bertz CT molecular complexity index is 2830. The standard InChI is InChI=1S/C54H40N4/c1-5-18-41(19-6-1)55(46-36-38-48(39-37-46)58-53-30-15-13-28-51(53)52-29-14-16-31-54(52)58)45-32-34-47(35-33-45)57(44-24-11-4-12-25-44)50-27-17-26-49(40-50)56(42-20-7-2-8-21-42)43-22-9-3-10-23-43/h1-40H. The lowest BCUT2D eigenvalue weighted by atomic mass is 10.1. The number of fused-ring (bicyclic) bond motifs is 3. The fourth-order valence-electron chi connectivity index (χ4n) is 8.12. The van der Waals surface area contributed by atoms with Crippen molar-refractivity contribution in [3.05, 3.63) is 243 Å². The van der Waals surface area contributed by atoms with Gasteiger partial charge in [-0.05, 0) is 127 Å². The molecule has 0 unspecified atom stereocenters. The number of anilines is 9. The first kappa shape index (κ1) is 34.7. The van der Waals surface area contributed by atoms with Crippen LogP contribution in [0.5, 0.6) is 0 Å². The summed E-state index contributed by atoms with van der Waals surface area (Å²) in [5.41, 5.74) is 13.3. The van der Waals surface area contributed by atoms with E-state index in [1.807, 2.05) is 0 Å². The summed E-state index contributed by atoms with van der Waals surface area (Å²) in [7, 11) is 0. The third kappa shape index (κ3) is 6.53. The van der Waals surface area contributed by atoms with Gasteiger partial charge < -0.3 is 19.3 Å². The van der Waals surface area contributed by atoms with Crippen LogP contribution in [0.15, 0.2) is 243 Å². The lowest BCUT2D eigenvalue weighted by Crippen LogP contribution is -2.13. The predicted octanol–water partition coefficient (Wildman–Crippen LogP) is 15.2. The number of benzene rings is 9. The van der Waals surface area contributed by atoms with Crippen LogP contribution in [0.2, 0.25) is 0 Å². The van der Waals surface area contributed by atoms with E-state index in [1.54, 1.807) is 0 Å². The Morgan fingerprint density at radius 3 is 0.879 bits per heavy atom. The molecule has 0 aliphatic heterocycles. The fourth-order valence-corrected chi connectivity index (χ4v) is 8.12. The zero-order chi connectivity index (χ0) is 38.7. The Balaban J connectivity index is 1.04. The average molecular weight is 745 g/mol. The molecular weight excluding hydrogens is 705 g/mol. The predicted molar refractivity (Wildman–Crippen MR) is 245 cm³/mol. The van der Waals surface area contributed by atoms with Crippen molar-refractivity contribution in [1.82, 2.24) is 4.57 Å². The molecule has 0 bridgehead atoms. The van der Waals surface area contributed by atoms with Crippen molar-refractivity contribution in [3.63, 3.8) is 0 Å². The molecule has 0 aliphatic carbocycles. The first-order valence-corrected chi connectivity index (χ1v) is 19.7. The van der Waals surface area contributed by atoms with Gasteiger partial charge in [0.05, 0.1) is 11.0 Å². The van der Waals surface area contributed by atoms with Crippen LogP contribution < -0.4 is 14.7 Å². The van der Waals surface area contributed by atoms with Crippen LogP contribution >= 0.6 is 0 Å². The minimum absolute atomic E-state index is 1.06. The van der Waals surface area contributed by atoms with Crippen LogP contribution in [0.3, 0.4) is 0 Å². The molecule has 0 saturated carbocycles. The minimum atomic E-state index is 1.06. The van der Waals surface area contributed by atoms with Crippen molar-refractivity contribution < 1.29 is 0 Å². The van der Waals surface area contributed by atoms with Crippen LogP contribution in [0, 0.1) is 0 Å². The summed E-state index contributed by atoms with van der Waals surface area (Å²) in [6, 6.07) is 86.2. The molecule has 58 heavy (non-hydrogen) atoms. The van der Waals surface area contributed by atoms with E-state index in [4.69, 9.17) is 0 Å². The highest BCUT2D eigenvalue weighted by Gasteiger charge is 2.19. The van der Waals surface area contributed by atoms with Crippen LogP contribution in [0.4, 0.5) is 51.2 Å². The second kappa shape index (κ2) is 15.4. The van der Waals surface area contributed by atoms with Crippen molar-refractivity contribution >= 4 is 73.0 Å². The molecule has 0 amide bonds. The lowest BCUT2D eigenvalue weighted by Gasteiger charge is -2.30. The van der Waals surface area contributed by atoms with Gasteiger partial charge in [0.25, 0.3) is 0 Å². The number of para-hydroxylation sites is 6. The van der Waals surface area contributed by atoms with Crippen molar-refractivity contribution in [1.29, 1.82) is 0 Å². The maximum absolute atomic E-state index is 2.36. The summed E-state index contributed by atoms with van der Waals surface area (Å²) in [5.74, 6) is 0. The van der Waals surface area contributed by atoms with Gasteiger partial charge in [-0.1, -0.05) is 115 Å². The van der Waals surface area contributed by atoms with Gasteiger partial charge in [-0.25, -0.2) is 0 Å². The summed E-state index contributed by atoms with van der Waals surface area (Å²) in [5, 5.41) is 2.52. The van der Waals surface area contributed by atoms with Crippen LogP contribution in [-0.4, -0.2) is 4.57 Å². The molecular formula is C54H40N4. The highest BCUT2D eigenvalue weighted by atomic mass is 15.2. The largest absolute Gasteiger partial charge is 0.311 e. The van der Waals surface area contributed by atoms with E-state index in [9.17, 15) is 0 Å². The molecule has 0 spiro atoms. The van der Waals surface area contributed by atoms with Crippen LogP contribution in [0.1, 0.15) is 0 Å². The zero-order valence-electron chi connectivity index (χ0n) is 31.9. The van der Waals surface area contributed by atoms with E-state index in [2.05, 4.69) is 262 Å². The van der Waals surface area contributed by atoms with E-state index in [-0.39, 0.29) is 0 Å². The summed E-state index contributed by atoms with van der Waals surface area (Å²) in [6.07, 6.45) is 0. The topological polar surface area (TPSA) is 14.7 Å². The molecule has 4 heteroatoms. The Kier molecular flexibility index (Phi) is 9.18. The zero-order valence-corrected chi connectivity index (χ0v) is 31.9. The maximum atomic E-state index is 2.36. The van der Waals surface area contributed by atoms with Crippen molar-refractivity contribution in [2.75, 3.05) is 14.7 Å². The van der Waals surface area contributed by atoms with Gasteiger partial charge in [0.1, 0.15) is 0 Å². The monoisotopic (exact) mass is 744 g/mol. The van der Waals surface area contributed by atoms with Gasteiger partial charge in [0, 0.05) is 67.6 Å². The van der Waals surface area contributed by atoms with Gasteiger partial charge >= 0.3 is 0 Å². The average Bonchev–Trinajstić information content (AvgIpc) is 3.64. The number of hydrogen-bond donors (Lipinski definition) is 0. The van der Waals surface area contributed by atoms with E-state index >= 15 is 0 Å². The van der Waals surface area contributed by atoms with Gasteiger partial charge in [-0.3, -0.25) is 0 Å². The Morgan fingerprint density at radius 1 is 0.224 bits per heavy atom. The van der Waals surface area contributed by atoms with Crippen molar-refractivity contribution in [2.45, 2.75) is 0 Å². The van der Waals surface area contributed by atoms with Crippen LogP contribution in [-0.2, 0) is 0 Å². The van der Waals surface area contributed by atoms with Crippen LogP contribution in [0.25, 0.3) is 27.5 Å². The summed E-state index contributed by atoms with van der Waals surface area (Å²) < 4.78 is 2.36. The highest BCUT2D eigenvalue weighted by molar-refractivity contribution is 6.09. The number of aromatic nitrogens is 1. The third-order valence-electron chi connectivity index (χ3n) is 10.7. The molecule has 0 radical (unpaired) electrons. The summed E-state index contributed by atoms with van der Waals surface area (Å²) in [6.45, 7) is 0. The third-order valence-corrected chi connectivity index (χ3v) is 10.7. The number of hydrogen-bond acceptors (Lipinski definition) is 3. The molecule has 1 aromatic heterocycles. The van der Waals surface area contributed by atoms with Gasteiger partial charge in [0.15, 0.2) is 0 Å². The number of nitrogens with zero attached hydrogens (tertiary/aromatic N) is 4. The SMILES string of the molecule is c1ccc(N(c2ccc(N(c3ccccc3)c3cccc(N(c4ccccc4)c4ccccc4)c3)cc2)c2ccc(-n3c4ccccc4c4ccccc43)cc2)cc1. The smallest absolute Gasteiger partial charge is 0.0541 e. The Hall–Kier alpha value is -7.82. The van der Waals surface area contributed by atoms with E-state index in [1.165, 1.54) is 21.8 Å². The molecule has 0 saturated heterocycles. The first-order chi connectivity index (χ1) is 28.8. The Morgan fingerprint density at radius 2 is 0.500 bits per heavy atom. The Labute approximate surface area is 339 Å².